The van der Waals surface area contributed by atoms with Crippen LogP contribution in [0.4, 0.5) is 4.79 Å². The summed E-state index contributed by atoms with van der Waals surface area (Å²) in [5, 5.41) is 2.50. The van der Waals surface area contributed by atoms with Gasteiger partial charge in [-0.3, -0.25) is 14.7 Å². The molecule has 1 aromatic carbocycles. The van der Waals surface area contributed by atoms with Gasteiger partial charge in [-0.1, -0.05) is 6.07 Å². The number of benzene rings is 1. The van der Waals surface area contributed by atoms with Gasteiger partial charge in [0, 0.05) is 11.9 Å². The minimum Gasteiger partial charge on any atom is -0.493 e. The summed E-state index contributed by atoms with van der Waals surface area (Å²) in [7, 11) is 1.52. The number of hydrogen-bond acceptors (Lipinski definition) is 7. The Bertz CT molecular complexity index is 814. The zero-order valence-corrected chi connectivity index (χ0v) is 17.2. The van der Waals surface area contributed by atoms with E-state index in [1.807, 2.05) is 24.3 Å². The molecule has 0 unspecified atom stereocenters. The zero-order chi connectivity index (χ0) is 20.5. The minimum absolute atomic E-state index is 0.00470. The number of aromatic nitrogens is 2. The lowest BCUT2D eigenvalue weighted by atomic mass is 10.3. The second-order valence-electron chi connectivity index (χ2n) is 6.75. The van der Waals surface area contributed by atoms with E-state index in [1.54, 1.807) is 12.4 Å². The van der Waals surface area contributed by atoms with Crippen LogP contribution in [-0.4, -0.2) is 47.4 Å². The lowest BCUT2D eigenvalue weighted by Crippen LogP contribution is -2.38. The molecule has 0 saturated heterocycles. The number of amides is 2. The first-order chi connectivity index (χ1) is 14.2. The van der Waals surface area contributed by atoms with Crippen LogP contribution in [0.3, 0.4) is 0 Å². The number of ether oxygens (including phenoxy) is 1. The summed E-state index contributed by atoms with van der Waals surface area (Å²) in [4.78, 5) is 33.6. The van der Waals surface area contributed by atoms with Crippen molar-refractivity contribution in [2.45, 2.75) is 30.8 Å². The number of urea groups is 1. The highest BCUT2D eigenvalue weighted by Crippen LogP contribution is 2.30. The van der Waals surface area contributed by atoms with Gasteiger partial charge in [-0.15, -0.1) is 0 Å². The van der Waals surface area contributed by atoms with E-state index >= 15 is 0 Å². The highest BCUT2D eigenvalue weighted by molar-refractivity contribution is 7.97. The van der Waals surface area contributed by atoms with Crippen LogP contribution in [0.1, 0.15) is 24.2 Å². The third-order valence-corrected chi connectivity index (χ3v) is 5.12. The van der Waals surface area contributed by atoms with Crippen molar-refractivity contribution >= 4 is 24.3 Å². The van der Waals surface area contributed by atoms with E-state index < -0.39 is 0 Å². The molecule has 29 heavy (non-hydrogen) atoms. The monoisotopic (exact) mass is 415 g/mol. The van der Waals surface area contributed by atoms with Crippen molar-refractivity contribution in [3.05, 3.63) is 48.0 Å². The van der Waals surface area contributed by atoms with Gasteiger partial charge in [0.1, 0.15) is 12.0 Å². The van der Waals surface area contributed by atoms with E-state index in [2.05, 4.69) is 20.0 Å². The molecule has 2 aromatic rings. The number of nitrogens with zero attached hydrogens (tertiary/aromatic N) is 3. The van der Waals surface area contributed by atoms with Gasteiger partial charge < -0.3 is 19.7 Å². The number of carbonyl (C=O) groups excluding carboxylic acids is 2. The Balaban J connectivity index is 1.45. The lowest BCUT2D eigenvalue weighted by molar-refractivity contribution is -0.108. The molecule has 2 amide bonds. The molecule has 1 aromatic heterocycles. The Labute approximate surface area is 174 Å². The SMILES string of the molecule is CNC(=O)N(CC=O)Cc1cnc(CNSc2cccc(OCC3CC3)c2)cn1. The summed E-state index contributed by atoms with van der Waals surface area (Å²) in [6.07, 6.45) is 6.52. The summed E-state index contributed by atoms with van der Waals surface area (Å²) >= 11 is 1.51. The third-order valence-electron chi connectivity index (χ3n) is 4.34. The van der Waals surface area contributed by atoms with Gasteiger partial charge in [0.2, 0.25) is 0 Å². The lowest BCUT2D eigenvalue weighted by Gasteiger charge is -2.18. The Kier molecular flexibility index (Phi) is 7.83. The van der Waals surface area contributed by atoms with Crippen LogP contribution < -0.4 is 14.8 Å². The van der Waals surface area contributed by atoms with Crippen molar-refractivity contribution in [1.29, 1.82) is 0 Å². The van der Waals surface area contributed by atoms with Crippen molar-refractivity contribution in [3.63, 3.8) is 0 Å². The molecule has 0 bridgehead atoms. The van der Waals surface area contributed by atoms with Gasteiger partial charge in [0.05, 0.1) is 50.0 Å². The molecule has 8 nitrogen and oxygen atoms in total. The number of carbonyl (C=O) groups is 2. The summed E-state index contributed by atoms with van der Waals surface area (Å²) in [5.74, 6) is 1.62. The highest BCUT2D eigenvalue weighted by atomic mass is 32.2. The maximum Gasteiger partial charge on any atom is 0.317 e. The highest BCUT2D eigenvalue weighted by Gasteiger charge is 2.21. The number of rotatable bonds is 11. The summed E-state index contributed by atoms with van der Waals surface area (Å²) in [5.41, 5.74) is 1.40. The Morgan fingerprint density at radius 3 is 2.79 bits per heavy atom. The Morgan fingerprint density at radius 2 is 2.10 bits per heavy atom. The molecular weight excluding hydrogens is 390 g/mol. The number of nitrogens with one attached hydrogen (secondary N) is 2. The molecule has 1 heterocycles. The molecule has 0 radical (unpaired) electrons. The second-order valence-corrected chi connectivity index (χ2v) is 7.72. The molecule has 0 spiro atoms. The average molecular weight is 416 g/mol. The van der Waals surface area contributed by atoms with Gasteiger partial charge in [-0.25, -0.2) is 4.79 Å². The van der Waals surface area contributed by atoms with Gasteiger partial charge >= 0.3 is 6.03 Å². The summed E-state index contributed by atoms with van der Waals surface area (Å²) in [6, 6.07) is 7.68. The maximum atomic E-state index is 11.7. The largest absolute Gasteiger partial charge is 0.493 e. The van der Waals surface area contributed by atoms with Crippen molar-refractivity contribution in [2.75, 3.05) is 20.2 Å². The Morgan fingerprint density at radius 1 is 1.31 bits per heavy atom. The van der Waals surface area contributed by atoms with Crippen molar-refractivity contribution in [2.24, 2.45) is 5.92 Å². The summed E-state index contributed by atoms with van der Waals surface area (Å²) in [6.45, 7) is 1.57. The van der Waals surface area contributed by atoms with Crippen LogP contribution in [0.15, 0.2) is 41.6 Å². The third kappa shape index (κ3) is 7.03. The molecule has 1 saturated carbocycles. The first kappa shape index (κ1) is 21.1. The fourth-order valence-electron chi connectivity index (χ4n) is 2.54. The molecule has 1 fully saturated rings. The van der Waals surface area contributed by atoms with E-state index in [0.29, 0.717) is 18.5 Å². The molecule has 154 valence electrons. The standard InChI is InChI=1S/C20H25N5O3S/c1-21-20(27)25(7-8-26)13-17-11-22-16(10-23-17)12-24-29-19-4-2-3-18(9-19)28-14-15-5-6-15/h2-4,8-11,15,24H,5-7,12-14H2,1H3,(H,21,27). The Hall–Kier alpha value is -2.65. The topological polar surface area (TPSA) is 96.5 Å². The fourth-order valence-corrected chi connectivity index (χ4v) is 3.25. The molecule has 1 aliphatic carbocycles. The van der Waals surface area contributed by atoms with Crippen LogP contribution >= 0.6 is 11.9 Å². The minimum atomic E-state index is -0.329. The first-order valence-corrected chi connectivity index (χ1v) is 10.3. The van der Waals surface area contributed by atoms with Crippen molar-refractivity contribution < 1.29 is 14.3 Å². The van der Waals surface area contributed by atoms with Crippen LogP contribution in [-0.2, 0) is 17.9 Å². The van der Waals surface area contributed by atoms with Gasteiger partial charge in [-0.2, -0.15) is 0 Å². The van der Waals surface area contributed by atoms with E-state index in [-0.39, 0.29) is 19.1 Å². The molecular formula is C20H25N5O3S. The van der Waals surface area contributed by atoms with Crippen molar-refractivity contribution in [3.8, 4) is 5.75 Å². The van der Waals surface area contributed by atoms with E-state index in [9.17, 15) is 9.59 Å². The molecule has 3 rings (SSSR count). The average Bonchev–Trinajstić information content (AvgIpc) is 3.57. The van der Waals surface area contributed by atoms with Crippen LogP contribution in [0.5, 0.6) is 5.75 Å². The van der Waals surface area contributed by atoms with Crippen LogP contribution in [0, 0.1) is 5.92 Å². The smallest absolute Gasteiger partial charge is 0.317 e. The predicted octanol–water partition coefficient (Wildman–Crippen LogP) is 2.40. The van der Waals surface area contributed by atoms with Gasteiger partial charge in [0.25, 0.3) is 0 Å². The maximum absolute atomic E-state index is 11.7. The first-order valence-electron chi connectivity index (χ1n) is 9.50. The number of hydrogen-bond donors (Lipinski definition) is 2. The second kappa shape index (κ2) is 10.8. The quantitative estimate of drug-likeness (QED) is 0.430. The van der Waals surface area contributed by atoms with Crippen LogP contribution in [0.25, 0.3) is 0 Å². The van der Waals surface area contributed by atoms with Gasteiger partial charge in [0.15, 0.2) is 0 Å². The van der Waals surface area contributed by atoms with E-state index in [4.69, 9.17) is 4.74 Å². The fraction of sp³-hybridized carbons (Fsp3) is 0.400. The molecule has 2 N–H and O–H groups in total. The van der Waals surface area contributed by atoms with Crippen molar-refractivity contribution in [1.82, 2.24) is 24.9 Å². The van der Waals surface area contributed by atoms with Gasteiger partial charge in [-0.05, 0) is 48.9 Å². The molecule has 0 aliphatic heterocycles. The molecule has 0 atom stereocenters. The predicted molar refractivity (Wildman–Crippen MR) is 110 cm³/mol. The van der Waals surface area contributed by atoms with E-state index in [1.165, 1.54) is 36.7 Å². The summed E-state index contributed by atoms with van der Waals surface area (Å²) < 4.78 is 9.07. The zero-order valence-electron chi connectivity index (χ0n) is 16.3. The van der Waals surface area contributed by atoms with E-state index in [0.717, 1.165) is 28.9 Å². The molecule has 1 aliphatic rings. The molecule has 9 heteroatoms. The normalized spacial score (nSPS) is 13.0. The number of aldehydes is 1. The van der Waals surface area contributed by atoms with Crippen LogP contribution in [0.2, 0.25) is 0 Å².